The normalized spacial score (nSPS) is 21.5. The second-order valence-corrected chi connectivity index (χ2v) is 8.52. The molecule has 28 heavy (non-hydrogen) atoms. The van der Waals surface area contributed by atoms with E-state index >= 15 is 0 Å². The lowest BCUT2D eigenvalue weighted by Crippen LogP contribution is -2.43. The number of hydrogen-bond acceptors (Lipinski definition) is 3. The third kappa shape index (κ3) is 4.85. The van der Waals surface area contributed by atoms with Crippen LogP contribution in [0.25, 0.3) is 0 Å². The number of aliphatic carboxylic acids is 1. The Hall–Kier alpha value is -1.63. The van der Waals surface area contributed by atoms with Crippen molar-refractivity contribution < 1.29 is 27.8 Å². The van der Waals surface area contributed by atoms with E-state index in [9.17, 15) is 23.1 Å². The molecule has 2 fully saturated rings. The van der Waals surface area contributed by atoms with E-state index in [0.29, 0.717) is 23.8 Å². The van der Waals surface area contributed by atoms with E-state index in [-0.39, 0.29) is 23.0 Å². The number of anilines is 1. The second-order valence-electron chi connectivity index (χ2n) is 8.11. The lowest BCUT2D eigenvalue weighted by Gasteiger charge is -2.47. The number of carboxylic acid groups (broad SMARTS) is 1. The second kappa shape index (κ2) is 8.01. The van der Waals surface area contributed by atoms with Gasteiger partial charge in [0.1, 0.15) is 5.75 Å². The van der Waals surface area contributed by atoms with Gasteiger partial charge in [-0.05, 0) is 62.0 Å². The SMILES string of the molecule is CC(C(=O)O)C1CCC2(CC1)CCN(c1cc(OC(F)(F)F)ccc1Cl)CC2. The largest absolute Gasteiger partial charge is 0.573 e. The minimum atomic E-state index is -4.73. The van der Waals surface area contributed by atoms with Crippen LogP contribution in [0.3, 0.4) is 0 Å². The molecule has 0 radical (unpaired) electrons. The molecule has 1 N–H and O–H groups in total. The van der Waals surface area contributed by atoms with Crippen LogP contribution in [-0.2, 0) is 4.79 Å². The zero-order valence-electron chi connectivity index (χ0n) is 15.8. The highest BCUT2D eigenvalue weighted by molar-refractivity contribution is 6.33. The number of alkyl halides is 3. The molecule has 1 spiro atoms. The summed E-state index contributed by atoms with van der Waals surface area (Å²) in [7, 11) is 0. The van der Waals surface area contributed by atoms with E-state index in [4.69, 9.17) is 11.6 Å². The summed E-state index contributed by atoms with van der Waals surface area (Å²) < 4.78 is 41.5. The Balaban J connectivity index is 1.62. The summed E-state index contributed by atoms with van der Waals surface area (Å²) in [5.41, 5.74) is 0.768. The van der Waals surface area contributed by atoms with E-state index in [1.807, 2.05) is 4.90 Å². The number of nitrogens with zero attached hydrogens (tertiary/aromatic N) is 1. The van der Waals surface area contributed by atoms with Gasteiger partial charge in [-0.15, -0.1) is 13.2 Å². The van der Waals surface area contributed by atoms with Gasteiger partial charge in [-0.1, -0.05) is 18.5 Å². The van der Waals surface area contributed by atoms with E-state index in [1.54, 1.807) is 6.92 Å². The predicted octanol–water partition coefficient (Wildman–Crippen LogP) is 5.74. The highest BCUT2D eigenvalue weighted by Gasteiger charge is 2.40. The van der Waals surface area contributed by atoms with Crippen LogP contribution in [0.1, 0.15) is 45.4 Å². The van der Waals surface area contributed by atoms with Crippen molar-refractivity contribution in [1.82, 2.24) is 0 Å². The van der Waals surface area contributed by atoms with Gasteiger partial charge in [0.15, 0.2) is 0 Å². The van der Waals surface area contributed by atoms with Crippen LogP contribution < -0.4 is 9.64 Å². The number of ether oxygens (including phenoxy) is 1. The Morgan fingerprint density at radius 3 is 2.39 bits per heavy atom. The lowest BCUT2D eigenvalue weighted by atomic mass is 9.63. The van der Waals surface area contributed by atoms with Crippen molar-refractivity contribution in [3.05, 3.63) is 23.2 Å². The number of hydrogen-bond donors (Lipinski definition) is 1. The van der Waals surface area contributed by atoms with Crippen molar-refractivity contribution in [2.75, 3.05) is 18.0 Å². The predicted molar refractivity (Wildman–Crippen MR) is 101 cm³/mol. The first-order valence-electron chi connectivity index (χ1n) is 9.62. The summed E-state index contributed by atoms with van der Waals surface area (Å²) in [5.74, 6) is -1.08. The first kappa shape index (κ1) is 21.1. The van der Waals surface area contributed by atoms with Crippen LogP contribution in [0.2, 0.25) is 5.02 Å². The van der Waals surface area contributed by atoms with Crippen molar-refractivity contribution in [2.45, 2.75) is 51.8 Å². The molecule has 1 heterocycles. The molecule has 1 aromatic rings. The number of rotatable bonds is 4. The summed E-state index contributed by atoms with van der Waals surface area (Å²) >= 11 is 6.23. The fourth-order valence-corrected chi connectivity index (χ4v) is 4.85. The van der Waals surface area contributed by atoms with Crippen molar-refractivity contribution in [2.24, 2.45) is 17.3 Å². The molecule has 1 atom stereocenters. The number of carbonyl (C=O) groups is 1. The van der Waals surface area contributed by atoms with Gasteiger partial charge in [0, 0.05) is 19.2 Å². The minimum Gasteiger partial charge on any atom is -0.481 e. The molecule has 4 nitrogen and oxygen atoms in total. The van der Waals surface area contributed by atoms with Crippen LogP contribution in [0.15, 0.2) is 18.2 Å². The topological polar surface area (TPSA) is 49.8 Å². The molecule has 0 bridgehead atoms. The maximum absolute atomic E-state index is 12.5. The minimum absolute atomic E-state index is 0.206. The molecule has 1 unspecified atom stereocenters. The first-order valence-corrected chi connectivity index (χ1v) is 9.99. The van der Waals surface area contributed by atoms with E-state index in [2.05, 4.69) is 4.74 Å². The molecule has 1 saturated carbocycles. The zero-order chi connectivity index (χ0) is 20.5. The average molecular weight is 420 g/mol. The lowest BCUT2D eigenvalue weighted by molar-refractivity contribution is -0.274. The summed E-state index contributed by atoms with van der Waals surface area (Å²) in [5, 5.41) is 9.62. The smallest absolute Gasteiger partial charge is 0.481 e. The van der Waals surface area contributed by atoms with E-state index in [0.717, 1.165) is 38.5 Å². The highest BCUT2D eigenvalue weighted by atomic mass is 35.5. The summed E-state index contributed by atoms with van der Waals surface area (Å²) in [6.45, 7) is 3.22. The Labute approximate surface area is 167 Å². The van der Waals surface area contributed by atoms with Crippen LogP contribution in [0.5, 0.6) is 5.75 Å². The van der Waals surface area contributed by atoms with Gasteiger partial charge in [-0.2, -0.15) is 0 Å². The average Bonchev–Trinajstić information content (AvgIpc) is 2.63. The molecule has 156 valence electrons. The molecule has 1 saturated heterocycles. The van der Waals surface area contributed by atoms with Gasteiger partial charge in [0.05, 0.1) is 16.6 Å². The Morgan fingerprint density at radius 2 is 1.86 bits per heavy atom. The fourth-order valence-electron chi connectivity index (χ4n) is 4.61. The van der Waals surface area contributed by atoms with Crippen molar-refractivity contribution in [3.8, 4) is 5.75 Å². The molecule has 3 rings (SSSR count). The van der Waals surface area contributed by atoms with Crippen molar-refractivity contribution in [3.63, 3.8) is 0 Å². The highest BCUT2D eigenvalue weighted by Crippen LogP contribution is 2.49. The third-order valence-electron chi connectivity index (χ3n) is 6.50. The van der Waals surface area contributed by atoms with Crippen LogP contribution in [0, 0.1) is 17.3 Å². The van der Waals surface area contributed by atoms with Gasteiger partial charge in [0.25, 0.3) is 0 Å². The van der Waals surface area contributed by atoms with Gasteiger partial charge >= 0.3 is 12.3 Å². The third-order valence-corrected chi connectivity index (χ3v) is 6.82. The monoisotopic (exact) mass is 419 g/mol. The molecule has 0 amide bonds. The number of halogens is 4. The van der Waals surface area contributed by atoms with Gasteiger partial charge in [-0.3, -0.25) is 4.79 Å². The zero-order valence-corrected chi connectivity index (χ0v) is 16.5. The number of benzene rings is 1. The maximum atomic E-state index is 12.5. The van der Waals surface area contributed by atoms with Crippen LogP contribution in [-0.4, -0.2) is 30.5 Å². The number of piperidine rings is 1. The van der Waals surface area contributed by atoms with Crippen molar-refractivity contribution >= 4 is 23.3 Å². The first-order chi connectivity index (χ1) is 13.1. The Morgan fingerprint density at radius 1 is 1.25 bits per heavy atom. The molecule has 8 heteroatoms. The fraction of sp³-hybridized carbons (Fsp3) is 0.650. The van der Waals surface area contributed by atoms with E-state index in [1.165, 1.54) is 18.2 Å². The summed E-state index contributed by atoms with van der Waals surface area (Å²) in [6, 6.07) is 4.00. The van der Waals surface area contributed by atoms with Gasteiger partial charge < -0.3 is 14.7 Å². The van der Waals surface area contributed by atoms with Crippen LogP contribution in [0.4, 0.5) is 18.9 Å². The molecular formula is C20H25ClF3NO3. The molecular weight excluding hydrogens is 395 g/mol. The van der Waals surface area contributed by atoms with E-state index < -0.39 is 12.3 Å². The van der Waals surface area contributed by atoms with Crippen molar-refractivity contribution in [1.29, 1.82) is 0 Å². The molecule has 1 aliphatic heterocycles. The van der Waals surface area contributed by atoms with Gasteiger partial charge in [0.2, 0.25) is 0 Å². The number of carboxylic acids is 1. The molecule has 1 aliphatic carbocycles. The van der Waals surface area contributed by atoms with Gasteiger partial charge in [-0.25, -0.2) is 0 Å². The standard InChI is InChI=1S/C20H25ClF3NO3/c1-13(18(26)27)14-4-6-19(7-5-14)8-10-25(11-9-19)17-12-15(2-3-16(17)21)28-20(22,23)24/h2-3,12-14H,4-11H2,1H3,(H,26,27). The summed E-state index contributed by atoms with van der Waals surface area (Å²) in [6.07, 6.45) is 0.987. The Bertz CT molecular complexity index is 707. The van der Waals surface area contributed by atoms with Crippen LogP contribution >= 0.6 is 11.6 Å². The molecule has 1 aromatic carbocycles. The summed E-state index contributed by atoms with van der Waals surface area (Å²) in [4.78, 5) is 13.2. The molecule has 0 aromatic heterocycles. The molecule has 2 aliphatic rings. The Kier molecular flexibility index (Phi) is 6.03. The maximum Gasteiger partial charge on any atom is 0.573 e. The quantitative estimate of drug-likeness (QED) is 0.676.